The van der Waals surface area contributed by atoms with Gasteiger partial charge in [0.1, 0.15) is 0 Å². The molecule has 3 heterocycles. The predicted molar refractivity (Wildman–Crippen MR) is 109 cm³/mol. The van der Waals surface area contributed by atoms with Gasteiger partial charge in [-0.2, -0.15) is 0 Å². The summed E-state index contributed by atoms with van der Waals surface area (Å²) in [5.41, 5.74) is 3.47. The van der Waals surface area contributed by atoms with E-state index in [9.17, 15) is 9.59 Å². The zero-order valence-corrected chi connectivity index (χ0v) is 16.0. The first kappa shape index (κ1) is 18.2. The molecule has 28 heavy (non-hydrogen) atoms. The van der Waals surface area contributed by atoms with Gasteiger partial charge in [-0.15, -0.1) is 11.3 Å². The van der Waals surface area contributed by atoms with E-state index in [4.69, 9.17) is 0 Å². The Labute approximate surface area is 167 Å². The van der Waals surface area contributed by atoms with E-state index < -0.39 is 0 Å². The largest absolute Gasteiger partial charge is 0.348 e. The summed E-state index contributed by atoms with van der Waals surface area (Å²) in [6.45, 7) is 1.80. The number of urea groups is 1. The number of carbonyl (C=O) groups excluding carboxylic acids is 2. The molecule has 0 atom stereocenters. The highest BCUT2D eigenvalue weighted by Crippen LogP contribution is 2.24. The topological polar surface area (TPSA) is 74.3 Å². The maximum atomic E-state index is 12.5. The number of pyridine rings is 1. The Hall–Kier alpha value is -3.19. The fraction of sp³-hybridized carbons (Fsp3) is 0.190. The van der Waals surface area contributed by atoms with Gasteiger partial charge in [-0.1, -0.05) is 12.1 Å². The number of benzene rings is 1. The number of amides is 3. The van der Waals surface area contributed by atoms with Crippen molar-refractivity contribution >= 4 is 29.0 Å². The molecule has 6 nitrogen and oxygen atoms in total. The standard InChI is InChI=1S/C21H20N4O2S/c26-20(16-2-1-9-22-13-16)23-12-15-3-5-18(6-4-15)24-21(27)25-10-7-19-17(14-25)8-11-28-19/h1-6,8-9,11,13H,7,10,12,14H2,(H,23,26)(H,24,27). The lowest BCUT2D eigenvalue weighted by molar-refractivity contribution is 0.0950. The van der Waals surface area contributed by atoms with Crippen LogP contribution in [0.2, 0.25) is 0 Å². The van der Waals surface area contributed by atoms with Crippen molar-refractivity contribution in [2.75, 3.05) is 11.9 Å². The monoisotopic (exact) mass is 392 g/mol. The van der Waals surface area contributed by atoms with Crippen molar-refractivity contribution in [3.63, 3.8) is 0 Å². The van der Waals surface area contributed by atoms with Gasteiger partial charge in [-0.3, -0.25) is 9.78 Å². The third-order valence-electron chi connectivity index (χ3n) is 4.68. The second-order valence-corrected chi connectivity index (χ2v) is 7.59. The number of rotatable bonds is 4. The van der Waals surface area contributed by atoms with E-state index in [1.54, 1.807) is 29.7 Å². The number of carbonyl (C=O) groups is 2. The Balaban J connectivity index is 1.30. The summed E-state index contributed by atoms with van der Waals surface area (Å²) in [4.78, 5) is 31.7. The van der Waals surface area contributed by atoms with Crippen LogP contribution in [-0.4, -0.2) is 28.4 Å². The lowest BCUT2D eigenvalue weighted by Crippen LogP contribution is -2.38. The second-order valence-electron chi connectivity index (χ2n) is 6.59. The lowest BCUT2D eigenvalue weighted by Gasteiger charge is -2.27. The molecule has 0 saturated carbocycles. The van der Waals surface area contributed by atoms with E-state index in [1.165, 1.54) is 16.6 Å². The summed E-state index contributed by atoms with van der Waals surface area (Å²) in [5, 5.41) is 7.89. The fourth-order valence-electron chi connectivity index (χ4n) is 3.11. The number of fused-ring (bicyclic) bond motifs is 1. The Morgan fingerprint density at radius 1 is 1.14 bits per heavy atom. The number of thiophene rings is 1. The summed E-state index contributed by atoms with van der Waals surface area (Å²) in [6, 6.07) is 12.9. The van der Waals surface area contributed by atoms with Crippen LogP contribution in [0.1, 0.15) is 26.4 Å². The average Bonchev–Trinajstić information content (AvgIpc) is 3.21. The van der Waals surface area contributed by atoms with E-state index in [0.29, 0.717) is 18.7 Å². The fourth-order valence-corrected chi connectivity index (χ4v) is 4.00. The number of hydrogen-bond acceptors (Lipinski definition) is 4. The molecule has 7 heteroatoms. The molecule has 0 aliphatic carbocycles. The van der Waals surface area contributed by atoms with Gasteiger partial charge in [0.15, 0.2) is 0 Å². The molecule has 0 spiro atoms. The highest BCUT2D eigenvalue weighted by molar-refractivity contribution is 7.10. The third-order valence-corrected chi connectivity index (χ3v) is 5.70. The van der Waals surface area contributed by atoms with Gasteiger partial charge in [0, 0.05) is 42.6 Å². The number of anilines is 1. The molecule has 3 amide bonds. The smallest absolute Gasteiger partial charge is 0.322 e. The van der Waals surface area contributed by atoms with Gasteiger partial charge in [-0.25, -0.2) is 4.79 Å². The van der Waals surface area contributed by atoms with Gasteiger partial charge < -0.3 is 15.5 Å². The van der Waals surface area contributed by atoms with E-state index in [1.807, 2.05) is 29.2 Å². The number of nitrogens with one attached hydrogen (secondary N) is 2. The van der Waals surface area contributed by atoms with Gasteiger partial charge in [-0.05, 0) is 53.3 Å². The quantitative estimate of drug-likeness (QED) is 0.712. The van der Waals surface area contributed by atoms with E-state index in [-0.39, 0.29) is 11.9 Å². The van der Waals surface area contributed by atoms with Gasteiger partial charge >= 0.3 is 6.03 Å². The van der Waals surface area contributed by atoms with Crippen molar-refractivity contribution in [3.05, 3.63) is 81.8 Å². The van der Waals surface area contributed by atoms with E-state index in [2.05, 4.69) is 27.1 Å². The van der Waals surface area contributed by atoms with Crippen molar-refractivity contribution in [2.45, 2.75) is 19.5 Å². The van der Waals surface area contributed by atoms with Gasteiger partial charge in [0.25, 0.3) is 5.91 Å². The van der Waals surface area contributed by atoms with Crippen molar-refractivity contribution < 1.29 is 9.59 Å². The second kappa shape index (κ2) is 8.22. The highest BCUT2D eigenvalue weighted by atomic mass is 32.1. The Morgan fingerprint density at radius 2 is 2.00 bits per heavy atom. The van der Waals surface area contributed by atoms with Crippen LogP contribution >= 0.6 is 11.3 Å². The molecule has 142 valence electrons. The first-order chi connectivity index (χ1) is 13.7. The Kier molecular flexibility index (Phi) is 5.34. The van der Waals surface area contributed by atoms with E-state index in [0.717, 1.165) is 24.2 Å². The van der Waals surface area contributed by atoms with Crippen LogP contribution in [-0.2, 0) is 19.5 Å². The van der Waals surface area contributed by atoms with Crippen LogP contribution in [0, 0.1) is 0 Å². The Bertz CT molecular complexity index is 970. The van der Waals surface area contributed by atoms with Gasteiger partial charge in [0.05, 0.1) is 5.56 Å². The number of aromatic nitrogens is 1. The molecule has 2 aromatic heterocycles. The molecule has 1 aliphatic rings. The molecule has 3 aromatic rings. The van der Waals surface area contributed by atoms with Crippen LogP contribution < -0.4 is 10.6 Å². The summed E-state index contributed by atoms with van der Waals surface area (Å²) >= 11 is 1.76. The number of hydrogen-bond donors (Lipinski definition) is 2. The SMILES string of the molecule is O=C(NCc1ccc(NC(=O)N2CCc3sccc3C2)cc1)c1cccnc1. The van der Waals surface area contributed by atoms with Crippen LogP contribution in [0.4, 0.5) is 10.5 Å². The molecule has 1 aliphatic heterocycles. The predicted octanol–water partition coefficient (Wildman–Crippen LogP) is 3.66. The first-order valence-corrected chi connectivity index (χ1v) is 9.95. The molecule has 0 fully saturated rings. The summed E-state index contributed by atoms with van der Waals surface area (Å²) in [5.74, 6) is -0.164. The van der Waals surface area contributed by atoms with Crippen LogP contribution in [0.15, 0.2) is 60.2 Å². The minimum Gasteiger partial charge on any atom is -0.348 e. The molecular weight excluding hydrogens is 372 g/mol. The minimum atomic E-state index is -0.164. The maximum absolute atomic E-state index is 12.5. The van der Waals surface area contributed by atoms with Crippen LogP contribution in [0.25, 0.3) is 0 Å². The van der Waals surface area contributed by atoms with Crippen molar-refractivity contribution in [3.8, 4) is 0 Å². The lowest BCUT2D eigenvalue weighted by atomic mass is 10.1. The van der Waals surface area contributed by atoms with Crippen LogP contribution in [0.5, 0.6) is 0 Å². The molecule has 4 rings (SSSR count). The molecule has 0 saturated heterocycles. The molecule has 0 radical (unpaired) electrons. The van der Waals surface area contributed by atoms with Crippen LogP contribution in [0.3, 0.4) is 0 Å². The molecule has 0 unspecified atom stereocenters. The summed E-state index contributed by atoms with van der Waals surface area (Å²) < 4.78 is 0. The van der Waals surface area contributed by atoms with Crippen molar-refractivity contribution in [2.24, 2.45) is 0 Å². The molecular formula is C21H20N4O2S. The summed E-state index contributed by atoms with van der Waals surface area (Å²) in [7, 11) is 0. The maximum Gasteiger partial charge on any atom is 0.322 e. The van der Waals surface area contributed by atoms with Crippen molar-refractivity contribution in [1.82, 2.24) is 15.2 Å². The molecule has 1 aromatic carbocycles. The Morgan fingerprint density at radius 3 is 2.79 bits per heavy atom. The number of nitrogens with zero attached hydrogens (tertiary/aromatic N) is 2. The zero-order valence-electron chi connectivity index (χ0n) is 15.2. The zero-order chi connectivity index (χ0) is 19.3. The van der Waals surface area contributed by atoms with Crippen molar-refractivity contribution in [1.29, 1.82) is 0 Å². The third kappa shape index (κ3) is 4.20. The normalized spacial score (nSPS) is 12.9. The minimum absolute atomic E-state index is 0.0884. The van der Waals surface area contributed by atoms with E-state index >= 15 is 0 Å². The van der Waals surface area contributed by atoms with Gasteiger partial charge in [0.2, 0.25) is 0 Å². The summed E-state index contributed by atoms with van der Waals surface area (Å²) in [6.07, 6.45) is 4.08. The molecule has 0 bridgehead atoms. The first-order valence-electron chi connectivity index (χ1n) is 9.07. The highest BCUT2D eigenvalue weighted by Gasteiger charge is 2.21. The molecule has 2 N–H and O–H groups in total. The average molecular weight is 392 g/mol.